The second kappa shape index (κ2) is 5.26. The SMILES string of the molecule is C=CN=Cn1nnnc1CCC(C)C. The molecule has 1 rings (SSSR count). The molecule has 0 saturated carbocycles. The molecule has 0 atom stereocenters. The Bertz CT molecular complexity index is 313. The van der Waals surface area contributed by atoms with Crippen LogP contribution in [0.2, 0.25) is 0 Å². The zero-order valence-corrected chi connectivity index (χ0v) is 8.59. The molecule has 1 heterocycles. The van der Waals surface area contributed by atoms with Crippen LogP contribution < -0.4 is 0 Å². The predicted molar refractivity (Wildman–Crippen MR) is 55.1 cm³/mol. The summed E-state index contributed by atoms with van der Waals surface area (Å²) in [7, 11) is 0. The van der Waals surface area contributed by atoms with Crippen molar-refractivity contribution in [1.29, 1.82) is 0 Å². The molecule has 0 radical (unpaired) electrons. The van der Waals surface area contributed by atoms with Crippen molar-refractivity contribution >= 4 is 6.34 Å². The minimum absolute atomic E-state index is 0.650. The number of rotatable bonds is 5. The van der Waals surface area contributed by atoms with Crippen LogP contribution >= 0.6 is 0 Å². The van der Waals surface area contributed by atoms with Crippen molar-refractivity contribution < 1.29 is 0 Å². The fourth-order valence-electron chi connectivity index (χ4n) is 0.995. The molecule has 0 bridgehead atoms. The van der Waals surface area contributed by atoms with Gasteiger partial charge in [0.15, 0.2) is 5.82 Å². The molecule has 5 heteroatoms. The zero-order chi connectivity index (χ0) is 10.4. The van der Waals surface area contributed by atoms with Crippen molar-refractivity contribution in [1.82, 2.24) is 20.2 Å². The molecule has 0 unspecified atom stereocenters. The molecule has 76 valence electrons. The topological polar surface area (TPSA) is 56.0 Å². The highest BCUT2D eigenvalue weighted by Gasteiger charge is 2.04. The summed E-state index contributed by atoms with van der Waals surface area (Å²) in [6.07, 6.45) is 4.95. The third kappa shape index (κ3) is 3.08. The van der Waals surface area contributed by atoms with Gasteiger partial charge in [-0.3, -0.25) is 0 Å². The third-order valence-corrected chi connectivity index (χ3v) is 1.79. The van der Waals surface area contributed by atoms with Gasteiger partial charge in [-0.05, 0) is 22.8 Å². The molecule has 0 amide bonds. The van der Waals surface area contributed by atoms with Gasteiger partial charge in [0, 0.05) is 12.6 Å². The fourth-order valence-corrected chi connectivity index (χ4v) is 0.995. The fraction of sp³-hybridized carbons (Fsp3) is 0.556. The zero-order valence-electron chi connectivity index (χ0n) is 8.59. The first kappa shape index (κ1) is 10.6. The maximum atomic E-state index is 3.92. The van der Waals surface area contributed by atoms with Crippen LogP contribution in [0.4, 0.5) is 0 Å². The highest BCUT2D eigenvalue weighted by Crippen LogP contribution is 2.04. The molecular weight excluding hydrogens is 178 g/mol. The summed E-state index contributed by atoms with van der Waals surface area (Å²) in [6.45, 7) is 7.83. The van der Waals surface area contributed by atoms with Crippen molar-refractivity contribution in [2.24, 2.45) is 10.9 Å². The summed E-state index contributed by atoms with van der Waals surface area (Å²) in [5, 5.41) is 11.3. The smallest absolute Gasteiger partial charge is 0.157 e. The van der Waals surface area contributed by atoms with Gasteiger partial charge < -0.3 is 0 Å². The van der Waals surface area contributed by atoms with E-state index in [2.05, 4.69) is 40.9 Å². The van der Waals surface area contributed by atoms with E-state index < -0.39 is 0 Å². The second-order valence-electron chi connectivity index (χ2n) is 3.42. The van der Waals surface area contributed by atoms with Gasteiger partial charge in [-0.1, -0.05) is 20.4 Å². The van der Waals surface area contributed by atoms with Crippen LogP contribution in [-0.4, -0.2) is 26.5 Å². The van der Waals surface area contributed by atoms with Gasteiger partial charge in [-0.15, -0.1) is 5.10 Å². The van der Waals surface area contributed by atoms with Crippen LogP contribution in [0.5, 0.6) is 0 Å². The van der Waals surface area contributed by atoms with Crippen molar-refractivity contribution in [3.8, 4) is 0 Å². The van der Waals surface area contributed by atoms with E-state index in [0.29, 0.717) is 5.92 Å². The predicted octanol–water partition coefficient (Wildman–Crippen LogP) is 1.28. The van der Waals surface area contributed by atoms with Crippen LogP contribution in [0, 0.1) is 5.92 Å². The van der Waals surface area contributed by atoms with Gasteiger partial charge in [0.2, 0.25) is 0 Å². The summed E-state index contributed by atoms with van der Waals surface area (Å²) in [5.41, 5.74) is 0. The first-order valence-electron chi connectivity index (χ1n) is 4.65. The normalized spacial score (nSPS) is 11.4. The molecule has 14 heavy (non-hydrogen) atoms. The minimum Gasteiger partial charge on any atom is -0.245 e. The van der Waals surface area contributed by atoms with Gasteiger partial charge >= 0.3 is 0 Å². The summed E-state index contributed by atoms with van der Waals surface area (Å²) in [5.74, 6) is 1.49. The molecule has 0 N–H and O–H groups in total. The molecule has 0 aromatic carbocycles. The van der Waals surface area contributed by atoms with Crippen LogP contribution in [0.25, 0.3) is 0 Å². The number of tetrazole rings is 1. The Morgan fingerprint density at radius 1 is 1.57 bits per heavy atom. The largest absolute Gasteiger partial charge is 0.245 e. The summed E-state index contributed by atoms with van der Waals surface area (Å²) < 4.78 is 1.57. The molecule has 0 saturated heterocycles. The first-order chi connectivity index (χ1) is 6.74. The van der Waals surface area contributed by atoms with E-state index in [0.717, 1.165) is 18.7 Å². The summed E-state index contributed by atoms with van der Waals surface area (Å²) in [6, 6.07) is 0. The lowest BCUT2D eigenvalue weighted by Gasteiger charge is -2.01. The van der Waals surface area contributed by atoms with Crippen molar-refractivity contribution in [3.05, 3.63) is 18.6 Å². The summed E-state index contributed by atoms with van der Waals surface area (Å²) >= 11 is 0. The number of aromatic nitrogens is 4. The highest BCUT2D eigenvalue weighted by atomic mass is 15.5. The van der Waals surface area contributed by atoms with Crippen molar-refractivity contribution in [2.75, 3.05) is 0 Å². The summed E-state index contributed by atoms with van der Waals surface area (Å²) in [4.78, 5) is 3.86. The quantitative estimate of drug-likeness (QED) is 0.523. The average Bonchev–Trinajstić information content (AvgIpc) is 2.58. The van der Waals surface area contributed by atoms with Gasteiger partial charge in [0.1, 0.15) is 6.34 Å². The Morgan fingerprint density at radius 2 is 2.36 bits per heavy atom. The van der Waals surface area contributed by atoms with Crippen molar-refractivity contribution in [2.45, 2.75) is 26.7 Å². The van der Waals surface area contributed by atoms with Crippen LogP contribution in [0.3, 0.4) is 0 Å². The van der Waals surface area contributed by atoms with Gasteiger partial charge in [-0.2, -0.15) is 4.68 Å². The van der Waals surface area contributed by atoms with Crippen LogP contribution in [0.15, 0.2) is 17.8 Å². The molecule has 1 aromatic rings. The lowest BCUT2D eigenvalue weighted by molar-refractivity contribution is 0.571. The van der Waals surface area contributed by atoms with E-state index in [1.807, 2.05) is 0 Å². The molecule has 0 aliphatic carbocycles. The Kier molecular flexibility index (Phi) is 3.97. The van der Waals surface area contributed by atoms with Crippen molar-refractivity contribution in [3.63, 3.8) is 0 Å². The van der Waals surface area contributed by atoms with E-state index in [1.165, 1.54) is 6.20 Å². The monoisotopic (exact) mass is 193 g/mol. The lowest BCUT2D eigenvalue weighted by Crippen LogP contribution is -2.05. The maximum absolute atomic E-state index is 3.92. The number of hydrogen-bond donors (Lipinski definition) is 0. The molecular formula is C9H15N5. The van der Waals surface area contributed by atoms with Gasteiger partial charge in [0.25, 0.3) is 0 Å². The number of aryl methyl sites for hydroxylation is 1. The molecule has 0 aliphatic rings. The Morgan fingerprint density at radius 3 is 3.00 bits per heavy atom. The molecule has 0 aliphatic heterocycles. The Hall–Kier alpha value is -1.52. The Balaban J connectivity index is 2.62. The average molecular weight is 193 g/mol. The van der Waals surface area contributed by atoms with Crippen LogP contribution in [-0.2, 0) is 6.42 Å². The van der Waals surface area contributed by atoms with Gasteiger partial charge in [-0.25, -0.2) is 4.99 Å². The molecule has 0 spiro atoms. The van der Waals surface area contributed by atoms with E-state index in [-0.39, 0.29) is 0 Å². The standard InChI is InChI=1S/C9H15N5/c1-4-10-7-14-9(11-12-13-14)6-5-8(2)3/h4,7-8H,1,5-6H2,2-3H3. The molecule has 5 nitrogen and oxygen atoms in total. The van der Waals surface area contributed by atoms with E-state index >= 15 is 0 Å². The van der Waals surface area contributed by atoms with Crippen LogP contribution in [0.1, 0.15) is 26.1 Å². The molecule has 1 aromatic heterocycles. The Labute approximate surface area is 83.5 Å². The number of nitrogens with zero attached hydrogens (tertiary/aromatic N) is 5. The number of hydrogen-bond acceptors (Lipinski definition) is 4. The van der Waals surface area contributed by atoms with Gasteiger partial charge in [0.05, 0.1) is 0 Å². The first-order valence-corrected chi connectivity index (χ1v) is 4.65. The third-order valence-electron chi connectivity index (χ3n) is 1.79. The van der Waals surface area contributed by atoms with E-state index in [4.69, 9.17) is 0 Å². The molecule has 0 fully saturated rings. The second-order valence-corrected chi connectivity index (χ2v) is 3.42. The lowest BCUT2D eigenvalue weighted by atomic mass is 10.1. The minimum atomic E-state index is 0.650. The van der Waals surface area contributed by atoms with E-state index in [9.17, 15) is 0 Å². The highest BCUT2D eigenvalue weighted by molar-refractivity contribution is 5.57. The van der Waals surface area contributed by atoms with E-state index in [1.54, 1.807) is 11.0 Å². The number of aliphatic imine (C=N–C) groups is 1. The maximum Gasteiger partial charge on any atom is 0.157 e.